The number of rotatable bonds is 49. The van der Waals surface area contributed by atoms with Crippen LogP contribution >= 0.6 is 0 Å². The van der Waals surface area contributed by atoms with E-state index in [2.05, 4.69) is 93.7 Å². The van der Waals surface area contributed by atoms with Gasteiger partial charge in [0.2, 0.25) is 0 Å². The fourth-order valence-electron chi connectivity index (χ4n) is 7.65. The highest BCUT2D eigenvalue weighted by atomic mass is 16.6. The Bertz CT molecular complexity index is 1230. The normalized spacial score (nSPS) is 12.6. The summed E-state index contributed by atoms with van der Waals surface area (Å²) in [6, 6.07) is 0. The maximum absolute atomic E-state index is 12.8. The zero-order chi connectivity index (χ0) is 47.2. The van der Waals surface area contributed by atoms with E-state index >= 15 is 0 Å². The molecule has 0 heterocycles. The van der Waals surface area contributed by atoms with Crippen molar-refractivity contribution in [3.05, 3.63) is 72.9 Å². The van der Waals surface area contributed by atoms with Gasteiger partial charge in [0.05, 0.1) is 0 Å². The van der Waals surface area contributed by atoms with Crippen molar-refractivity contribution in [2.45, 2.75) is 271 Å². The van der Waals surface area contributed by atoms with Gasteiger partial charge in [0, 0.05) is 19.3 Å². The van der Waals surface area contributed by atoms with E-state index in [1.807, 2.05) is 0 Å². The van der Waals surface area contributed by atoms with E-state index < -0.39 is 6.10 Å². The van der Waals surface area contributed by atoms with Gasteiger partial charge in [-0.25, -0.2) is 0 Å². The molecule has 0 saturated heterocycles. The highest BCUT2D eigenvalue weighted by Crippen LogP contribution is 2.16. The molecule has 0 aromatic carbocycles. The summed E-state index contributed by atoms with van der Waals surface area (Å²) in [5, 5.41) is 0. The van der Waals surface area contributed by atoms with Gasteiger partial charge in [0.15, 0.2) is 6.10 Å². The largest absolute Gasteiger partial charge is 0.462 e. The first-order valence-electron chi connectivity index (χ1n) is 27.4. The fourth-order valence-corrected chi connectivity index (χ4v) is 7.65. The number of carbonyl (C=O) groups excluding carboxylic acids is 3. The van der Waals surface area contributed by atoms with Gasteiger partial charge >= 0.3 is 17.9 Å². The van der Waals surface area contributed by atoms with Gasteiger partial charge in [-0.05, 0) is 83.5 Å². The Balaban J connectivity index is 4.40. The Labute approximate surface area is 402 Å². The molecule has 6 heteroatoms. The first kappa shape index (κ1) is 61.9. The molecule has 374 valence electrons. The molecular weight excluding hydrogens is 805 g/mol. The van der Waals surface area contributed by atoms with E-state index in [0.29, 0.717) is 19.3 Å². The van der Waals surface area contributed by atoms with Crippen molar-refractivity contribution >= 4 is 17.9 Å². The second kappa shape index (κ2) is 53.5. The van der Waals surface area contributed by atoms with Crippen LogP contribution in [0.2, 0.25) is 0 Å². The van der Waals surface area contributed by atoms with Crippen molar-refractivity contribution in [2.24, 2.45) is 0 Å². The third-order valence-electron chi connectivity index (χ3n) is 11.7. The van der Waals surface area contributed by atoms with Gasteiger partial charge in [-0.1, -0.05) is 235 Å². The van der Waals surface area contributed by atoms with Crippen molar-refractivity contribution in [1.29, 1.82) is 0 Å². The van der Waals surface area contributed by atoms with Crippen LogP contribution in [0.5, 0.6) is 0 Å². The lowest BCUT2D eigenvalue weighted by Crippen LogP contribution is -2.30. The molecule has 0 aliphatic heterocycles. The molecule has 6 nitrogen and oxygen atoms in total. The second-order valence-corrected chi connectivity index (χ2v) is 18.1. The van der Waals surface area contributed by atoms with Crippen LogP contribution in [0.15, 0.2) is 72.9 Å². The monoisotopic (exact) mass is 907 g/mol. The van der Waals surface area contributed by atoms with E-state index in [-0.39, 0.29) is 31.1 Å². The minimum atomic E-state index is -0.790. The lowest BCUT2D eigenvalue weighted by molar-refractivity contribution is -0.167. The molecule has 65 heavy (non-hydrogen) atoms. The molecule has 0 saturated carbocycles. The number of hydrogen-bond acceptors (Lipinski definition) is 6. The summed E-state index contributed by atoms with van der Waals surface area (Å²) < 4.78 is 16.8. The van der Waals surface area contributed by atoms with Gasteiger partial charge in [0.25, 0.3) is 0 Å². The summed E-state index contributed by atoms with van der Waals surface area (Å²) in [4.78, 5) is 38.1. The summed E-state index contributed by atoms with van der Waals surface area (Å²) in [6.45, 7) is 6.40. The van der Waals surface area contributed by atoms with Gasteiger partial charge in [-0.15, -0.1) is 0 Å². The minimum absolute atomic E-state index is 0.0884. The van der Waals surface area contributed by atoms with Crippen molar-refractivity contribution < 1.29 is 28.6 Å². The summed E-state index contributed by atoms with van der Waals surface area (Å²) in [7, 11) is 0. The summed E-state index contributed by atoms with van der Waals surface area (Å²) >= 11 is 0. The maximum atomic E-state index is 12.8. The lowest BCUT2D eigenvalue weighted by atomic mass is 10.0. The predicted octanol–water partition coefficient (Wildman–Crippen LogP) is 18.2. The molecule has 1 atom stereocenters. The number of allylic oxidation sites excluding steroid dienone is 12. The van der Waals surface area contributed by atoms with Crippen molar-refractivity contribution in [2.75, 3.05) is 13.2 Å². The molecule has 0 fully saturated rings. The molecular formula is C59H102O6. The van der Waals surface area contributed by atoms with Crippen LogP contribution in [0.1, 0.15) is 265 Å². The molecule has 0 rings (SSSR count). The highest BCUT2D eigenvalue weighted by molar-refractivity contribution is 5.71. The standard InChI is InChI=1S/C59H102O6/c1-4-7-10-13-16-19-22-25-27-29-31-34-37-40-43-46-49-52-58(61)64-55-56(54-63-57(60)51-48-45-42-39-36-33-24-21-18-15-12-9-6-3)65-59(62)53-50-47-44-41-38-35-32-30-28-26-23-20-17-14-11-8-5-2/h7,9-10,12,16,18-19,21,25,27,33,36,56H,4-6,8,11,13-15,17,20,22-24,26,28-32,34-35,37-55H2,1-3H3/b10-7-,12-9-,19-16-,21-18-,27-25-,36-33-. The average Bonchev–Trinajstić information content (AvgIpc) is 3.30. The smallest absolute Gasteiger partial charge is 0.306 e. The van der Waals surface area contributed by atoms with E-state index in [9.17, 15) is 14.4 Å². The first-order valence-corrected chi connectivity index (χ1v) is 27.4. The Morgan fingerprint density at radius 3 is 0.954 bits per heavy atom. The van der Waals surface area contributed by atoms with Gasteiger partial charge in [-0.2, -0.15) is 0 Å². The minimum Gasteiger partial charge on any atom is -0.462 e. The average molecular weight is 907 g/mol. The topological polar surface area (TPSA) is 78.9 Å². The zero-order valence-electron chi connectivity index (χ0n) is 42.7. The lowest BCUT2D eigenvalue weighted by Gasteiger charge is -2.18. The summed E-state index contributed by atoms with van der Waals surface area (Å²) in [5.74, 6) is -0.920. The molecule has 0 radical (unpaired) electrons. The molecule has 0 N–H and O–H groups in total. The van der Waals surface area contributed by atoms with Crippen LogP contribution in [-0.2, 0) is 28.6 Å². The predicted molar refractivity (Wildman–Crippen MR) is 279 cm³/mol. The first-order chi connectivity index (χ1) is 32.0. The van der Waals surface area contributed by atoms with Gasteiger partial charge in [0.1, 0.15) is 13.2 Å². The molecule has 0 bridgehead atoms. The Kier molecular flexibility index (Phi) is 50.9. The molecule has 0 amide bonds. The number of esters is 3. The van der Waals surface area contributed by atoms with Gasteiger partial charge in [-0.3, -0.25) is 14.4 Å². The number of carbonyl (C=O) groups is 3. The van der Waals surface area contributed by atoms with Crippen LogP contribution in [0, 0.1) is 0 Å². The van der Waals surface area contributed by atoms with Crippen molar-refractivity contribution in [1.82, 2.24) is 0 Å². The Morgan fingerprint density at radius 2 is 0.600 bits per heavy atom. The highest BCUT2D eigenvalue weighted by Gasteiger charge is 2.19. The molecule has 0 aliphatic rings. The van der Waals surface area contributed by atoms with E-state index in [0.717, 1.165) is 109 Å². The van der Waals surface area contributed by atoms with Crippen LogP contribution in [0.25, 0.3) is 0 Å². The third kappa shape index (κ3) is 51.7. The molecule has 0 aromatic heterocycles. The number of hydrogen-bond donors (Lipinski definition) is 0. The van der Waals surface area contributed by atoms with Crippen molar-refractivity contribution in [3.8, 4) is 0 Å². The summed E-state index contributed by atoms with van der Waals surface area (Å²) in [6.07, 6.45) is 67.5. The van der Waals surface area contributed by atoms with Crippen LogP contribution < -0.4 is 0 Å². The Hall–Kier alpha value is -3.15. The molecule has 0 aliphatic carbocycles. The quantitative estimate of drug-likeness (QED) is 0.0262. The third-order valence-corrected chi connectivity index (χ3v) is 11.7. The second-order valence-electron chi connectivity index (χ2n) is 18.1. The SMILES string of the molecule is CC/C=C\C/C=C\C/C=C\CCCCCCCCCC(=O)OCC(COC(=O)CCCCC/C=C\C/C=C\C/C=C\CC)OC(=O)CCCCCCCCCCCCCCCCCCC. The summed E-state index contributed by atoms with van der Waals surface area (Å²) in [5.41, 5.74) is 0. The Morgan fingerprint density at radius 1 is 0.323 bits per heavy atom. The van der Waals surface area contributed by atoms with Crippen LogP contribution in [0.3, 0.4) is 0 Å². The number of ether oxygens (including phenoxy) is 3. The van der Waals surface area contributed by atoms with Crippen molar-refractivity contribution in [3.63, 3.8) is 0 Å². The maximum Gasteiger partial charge on any atom is 0.306 e. The molecule has 1 unspecified atom stereocenters. The fraction of sp³-hybridized carbons (Fsp3) is 0.746. The zero-order valence-corrected chi connectivity index (χ0v) is 42.7. The van der Waals surface area contributed by atoms with Crippen LogP contribution in [0.4, 0.5) is 0 Å². The number of unbranched alkanes of at least 4 members (excludes halogenated alkanes) is 26. The van der Waals surface area contributed by atoms with E-state index in [1.165, 1.54) is 116 Å². The van der Waals surface area contributed by atoms with Gasteiger partial charge < -0.3 is 14.2 Å². The van der Waals surface area contributed by atoms with E-state index in [4.69, 9.17) is 14.2 Å². The molecule has 0 aromatic rings. The molecule has 0 spiro atoms. The van der Waals surface area contributed by atoms with Crippen LogP contribution in [-0.4, -0.2) is 37.2 Å². The van der Waals surface area contributed by atoms with E-state index in [1.54, 1.807) is 0 Å².